The number of carbonyl (C=O) groups excluding carboxylic acids is 2. The molecule has 1 aromatic heterocycles. The molecular formula is C11H16N4O4S. The molecule has 0 aromatic carbocycles. The van der Waals surface area contributed by atoms with Crippen LogP contribution < -0.4 is 5.32 Å². The number of piperazine rings is 1. The number of amides is 2. The minimum Gasteiger partial charge on any atom is -0.336 e. The van der Waals surface area contributed by atoms with Crippen LogP contribution in [0, 0.1) is 0 Å². The van der Waals surface area contributed by atoms with Crippen LogP contribution in [0.1, 0.15) is 20.8 Å². The Morgan fingerprint density at radius 3 is 2.60 bits per heavy atom. The maximum atomic E-state index is 12.5. The molecule has 1 aromatic rings. The van der Waals surface area contributed by atoms with Crippen molar-refractivity contribution in [1.29, 1.82) is 0 Å². The molecule has 2 heterocycles. The van der Waals surface area contributed by atoms with Crippen molar-refractivity contribution >= 4 is 21.8 Å². The first-order valence-electron chi connectivity index (χ1n) is 6.08. The van der Waals surface area contributed by atoms with Gasteiger partial charge in [-0.15, -0.1) is 0 Å². The van der Waals surface area contributed by atoms with Crippen molar-refractivity contribution in [2.24, 2.45) is 0 Å². The third-order valence-corrected chi connectivity index (χ3v) is 5.15. The molecule has 0 unspecified atom stereocenters. The zero-order valence-corrected chi connectivity index (χ0v) is 12.3. The number of sulfonamides is 1. The number of aromatic nitrogens is 2. The van der Waals surface area contributed by atoms with Gasteiger partial charge in [0.2, 0.25) is 11.8 Å². The molecular weight excluding hydrogens is 284 g/mol. The van der Waals surface area contributed by atoms with E-state index < -0.39 is 33.9 Å². The number of aryl methyl sites for hydroxylation is 1. The Bertz CT molecular complexity index is 662. The molecule has 9 heteroatoms. The van der Waals surface area contributed by atoms with Gasteiger partial charge in [-0.05, 0) is 20.8 Å². The summed E-state index contributed by atoms with van der Waals surface area (Å²) in [5.74, 6) is -1.29. The Morgan fingerprint density at radius 2 is 2.05 bits per heavy atom. The molecule has 0 bridgehead atoms. The number of imidazole rings is 1. The number of carbonyl (C=O) groups is 2. The maximum absolute atomic E-state index is 12.5. The lowest BCUT2D eigenvalue weighted by Gasteiger charge is -2.38. The van der Waals surface area contributed by atoms with Crippen molar-refractivity contribution in [3.05, 3.63) is 12.5 Å². The summed E-state index contributed by atoms with van der Waals surface area (Å²) in [6.07, 6.45) is 2.77. The molecule has 1 saturated heterocycles. The number of hydrogen-bond acceptors (Lipinski definition) is 5. The topological polar surface area (TPSA) is 101 Å². The van der Waals surface area contributed by atoms with E-state index in [2.05, 4.69) is 10.3 Å². The molecule has 0 spiro atoms. The largest absolute Gasteiger partial charge is 0.336 e. The van der Waals surface area contributed by atoms with E-state index in [1.807, 2.05) is 6.92 Å². The third-order valence-electron chi connectivity index (χ3n) is 3.25. The fourth-order valence-electron chi connectivity index (χ4n) is 1.90. The van der Waals surface area contributed by atoms with Gasteiger partial charge >= 0.3 is 0 Å². The second-order valence-electron chi connectivity index (χ2n) is 4.99. The predicted molar refractivity (Wildman–Crippen MR) is 69.0 cm³/mol. The van der Waals surface area contributed by atoms with Crippen LogP contribution in [-0.4, -0.2) is 46.2 Å². The Morgan fingerprint density at radius 1 is 1.40 bits per heavy atom. The molecule has 20 heavy (non-hydrogen) atoms. The molecule has 2 rings (SSSR count). The summed E-state index contributed by atoms with van der Waals surface area (Å²) >= 11 is 0. The average Bonchev–Trinajstić information content (AvgIpc) is 2.83. The molecule has 0 aliphatic carbocycles. The zero-order valence-electron chi connectivity index (χ0n) is 11.5. The zero-order chi connectivity index (χ0) is 15.1. The molecule has 1 aliphatic heterocycles. The predicted octanol–water partition coefficient (Wildman–Crippen LogP) is -0.671. The van der Waals surface area contributed by atoms with Gasteiger partial charge in [-0.3, -0.25) is 14.9 Å². The van der Waals surface area contributed by atoms with Gasteiger partial charge in [-0.25, -0.2) is 13.4 Å². The first-order chi connectivity index (χ1) is 9.19. The molecule has 0 atom stereocenters. The second-order valence-corrected chi connectivity index (χ2v) is 6.80. The fraction of sp³-hybridized carbons (Fsp3) is 0.545. The van der Waals surface area contributed by atoms with Gasteiger partial charge < -0.3 is 4.57 Å². The van der Waals surface area contributed by atoms with Crippen LogP contribution in [0.5, 0.6) is 0 Å². The normalized spacial score (nSPS) is 19.9. The van der Waals surface area contributed by atoms with E-state index in [1.54, 1.807) is 4.57 Å². The standard InChI is InChI=1S/C11H16N4O4S/c1-4-14-6-9(12-7-14)20(18,19)15-5-8(16)13-10(17)11(15,2)3/h6-7H,4-5H2,1-3H3,(H,13,16,17). The van der Waals surface area contributed by atoms with Crippen LogP contribution in [0.3, 0.4) is 0 Å². The summed E-state index contributed by atoms with van der Waals surface area (Å²) in [5.41, 5.74) is -1.34. The molecule has 2 amide bonds. The molecule has 8 nitrogen and oxygen atoms in total. The van der Waals surface area contributed by atoms with Crippen LogP contribution in [0.25, 0.3) is 0 Å². The fourth-order valence-corrected chi connectivity index (χ4v) is 3.55. The highest BCUT2D eigenvalue weighted by Crippen LogP contribution is 2.26. The van der Waals surface area contributed by atoms with Gasteiger partial charge in [0.15, 0.2) is 5.03 Å². The Labute approximate surface area is 116 Å². The minimum atomic E-state index is -4.01. The van der Waals surface area contributed by atoms with Crippen LogP contribution in [-0.2, 0) is 26.2 Å². The van der Waals surface area contributed by atoms with Crippen molar-refractivity contribution < 1.29 is 18.0 Å². The lowest BCUT2D eigenvalue weighted by atomic mass is 10.0. The molecule has 0 radical (unpaired) electrons. The van der Waals surface area contributed by atoms with Gasteiger partial charge in [0, 0.05) is 12.7 Å². The van der Waals surface area contributed by atoms with E-state index in [1.165, 1.54) is 26.4 Å². The second kappa shape index (κ2) is 4.67. The van der Waals surface area contributed by atoms with Crippen molar-refractivity contribution in [3.8, 4) is 0 Å². The van der Waals surface area contributed by atoms with Gasteiger partial charge in [-0.2, -0.15) is 4.31 Å². The maximum Gasteiger partial charge on any atom is 0.263 e. The number of nitrogens with zero attached hydrogens (tertiary/aromatic N) is 3. The minimum absolute atomic E-state index is 0.171. The first kappa shape index (κ1) is 14.7. The van der Waals surface area contributed by atoms with Gasteiger partial charge in [0.05, 0.1) is 12.9 Å². The summed E-state index contributed by atoms with van der Waals surface area (Å²) in [7, 11) is -4.01. The average molecular weight is 300 g/mol. The molecule has 1 aliphatic rings. The van der Waals surface area contributed by atoms with Gasteiger partial charge in [-0.1, -0.05) is 0 Å². The van der Waals surface area contributed by atoms with Crippen molar-refractivity contribution in [1.82, 2.24) is 19.2 Å². The number of nitrogens with one attached hydrogen (secondary N) is 1. The summed E-state index contributed by atoms with van der Waals surface area (Å²) in [6, 6.07) is 0. The Balaban J connectivity index is 2.46. The van der Waals surface area contributed by atoms with E-state index in [9.17, 15) is 18.0 Å². The lowest BCUT2D eigenvalue weighted by Crippen LogP contribution is -2.65. The first-order valence-corrected chi connectivity index (χ1v) is 7.52. The van der Waals surface area contributed by atoms with E-state index in [0.29, 0.717) is 6.54 Å². The number of rotatable bonds is 3. The van der Waals surface area contributed by atoms with Crippen molar-refractivity contribution in [3.63, 3.8) is 0 Å². The van der Waals surface area contributed by atoms with Gasteiger partial charge in [0.1, 0.15) is 5.54 Å². The summed E-state index contributed by atoms with van der Waals surface area (Å²) in [5, 5.41) is 1.96. The Hall–Kier alpha value is -1.74. The summed E-state index contributed by atoms with van der Waals surface area (Å²) in [6.45, 7) is 4.91. The van der Waals surface area contributed by atoms with E-state index in [0.717, 1.165) is 4.31 Å². The van der Waals surface area contributed by atoms with Crippen LogP contribution in [0.4, 0.5) is 0 Å². The smallest absolute Gasteiger partial charge is 0.263 e. The van der Waals surface area contributed by atoms with Crippen LogP contribution >= 0.6 is 0 Å². The molecule has 1 N–H and O–H groups in total. The quantitative estimate of drug-likeness (QED) is 0.746. The van der Waals surface area contributed by atoms with E-state index in [-0.39, 0.29) is 5.03 Å². The molecule has 110 valence electrons. The van der Waals surface area contributed by atoms with Crippen LogP contribution in [0.15, 0.2) is 17.6 Å². The van der Waals surface area contributed by atoms with E-state index in [4.69, 9.17) is 0 Å². The van der Waals surface area contributed by atoms with Gasteiger partial charge in [0.25, 0.3) is 10.0 Å². The van der Waals surface area contributed by atoms with E-state index >= 15 is 0 Å². The number of imide groups is 1. The Kier molecular flexibility index (Phi) is 3.42. The summed E-state index contributed by atoms with van der Waals surface area (Å²) < 4.78 is 27.6. The lowest BCUT2D eigenvalue weighted by molar-refractivity contribution is -0.141. The summed E-state index contributed by atoms with van der Waals surface area (Å²) in [4.78, 5) is 27.1. The highest BCUT2D eigenvalue weighted by atomic mass is 32.2. The number of hydrogen-bond donors (Lipinski definition) is 1. The van der Waals surface area contributed by atoms with Crippen LogP contribution in [0.2, 0.25) is 0 Å². The highest BCUT2D eigenvalue weighted by molar-refractivity contribution is 7.89. The monoisotopic (exact) mass is 300 g/mol. The molecule has 0 saturated carbocycles. The van der Waals surface area contributed by atoms with Crippen molar-refractivity contribution in [2.45, 2.75) is 37.9 Å². The third kappa shape index (κ3) is 2.22. The van der Waals surface area contributed by atoms with Crippen molar-refractivity contribution in [2.75, 3.05) is 6.54 Å². The molecule has 1 fully saturated rings. The highest BCUT2D eigenvalue weighted by Gasteiger charge is 2.48. The SMILES string of the molecule is CCn1cnc(S(=O)(=O)N2CC(=O)NC(=O)C2(C)C)c1.